The molecule has 7 aromatic carbocycles. The summed E-state index contributed by atoms with van der Waals surface area (Å²) < 4.78 is 53.5. The van der Waals surface area contributed by atoms with Crippen LogP contribution >= 0.6 is 46.6 Å². The van der Waals surface area contributed by atoms with Gasteiger partial charge < -0.3 is 36.2 Å². The maximum absolute atomic E-state index is 12.8. The number of tetrazole rings is 1. The molecule has 0 bridgehead atoms. The average molecular weight is 1220 g/mol. The van der Waals surface area contributed by atoms with Gasteiger partial charge in [0.15, 0.2) is 25.4 Å². The van der Waals surface area contributed by atoms with E-state index in [2.05, 4.69) is 36.8 Å². The number of halogens is 3. The Kier molecular flexibility index (Phi) is 20.9. The first-order valence-corrected chi connectivity index (χ1v) is 28.9. The zero-order chi connectivity index (χ0) is 59.2. The van der Waals surface area contributed by atoms with Crippen LogP contribution in [-0.4, -0.2) is 88.3 Å². The molecule has 6 N–H and O–H groups in total. The summed E-state index contributed by atoms with van der Waals surface area (Å²) >= 11 is 19.1. The zero-order valence-electron chi connectivity index (χ0n) is 42.7. The number of thioether (sulfide) groups is 1. The molecule has 0 atom stereocenters. The van der Waals surface area contributed by atoms with Crippen LogP contribution in [0.5, 0.6) is 23.0 Å². The number of rotatable bonds is 18. The largest absolute Gasteiger partial charge is 0.506 e. The number of anilines is 4. The molecular weight excluding hydrogens is 1170 g/mol. The van der Waals surface area contributed by atoms with Gasteiger partial charge in [-0.05, 0) is 116 Å². The predicted octanol–water partition coefficient (Wildman–Crippen LogP) is 10.9. The van der Waals surface area contributed by atoms with Crippen LogP contribution in [0, 0.1) is 17.0 Å². The van der Waals surface area contributed by atoms with Crippen LogP contribution in [-0.2, 0) is 35.0 Å². The van der Waals surface area contributed by atoms with Crippen molar-refractivity contribution < 1.29 is 55.9 Å². The Morgan fingerprint density at radius 1 is 0.704 bits per heavy atom. The van der Waals surface area contributed by atoms with Crippen LogP contribution in [0.25, 0.3) is 5.69 Å². The van der Waals surface area contributed by atoms with E-state index >= 15 is 0 Å². The fourth-order valence-electron chi connectivity index (χ4n) is 6.79. The summed E-state index contributed by atoms with van der Waals surface area (Å²) in [4.78, 5) is 58.5. The van der Waals surface area contributed by atoms with E-state index in [-0.39, 0.29) is 82.0 Å². The van der Waals surface area contributed by atoms with Crippen molar-refractivity contribution in [2.24, 2.45) is 0 Å². The third kappa shape index (κ3) is 16.5. The molecule has 0 aliphatic heterocycles. The predicted molar refractivity (Wildman–Crippen MR) is 308 cm³/mol. The molecule has 8 aromatic rings. The second kappa shape index (κ2) is 27.5. The highest BCUT2D eigenvalue weighted by Gasteiger charge is 2.23. The highest BCUT2D eigenvalue weighted by atomic mass is 35.5. The molecule has 0 saturated carbocycles. The summed E-state index contributed by atoms with van der Waals surface area (Å²) in [5.74, 6) is -1.83. The second-order valence-corrected chi connectivity index (χ2v) is 23.8. The minimum atomic E-state index is -3.35. The van der Waals surface area contributed by atoms with E-state index < -0.39 is 42.2 Å². The topological polar surface area (TPSA) is 321 Å². The number of phenolic OH excluding ortho intramolecular Hbond substituents is 2. The Bertz CT molecular complexity index is 3860. The number of hydrogen-bond donors (Lipinski definition) is 6. The van der Waals surface area contributed by atoms with Crippen molar-refractivity contribution in [1.82, 2.24) is 20.2 Å². The van der Waals surface area contributed by atoms with Gasteiger partial charge in [0.1, 0.15) is 11.5 Å². The van der Waals surface area contributed by atoms with Crippen molar-refractivity contribution in [3.8, 4) is 28.7 Å². The summed E-state index contributed by atoms with van der Waals surface area (Å²) in [5, 5.41) is 54.5. The number of ether oxygens (including phenoxy) is 1. The highest BCUT2D eigenvalue weighted by molar-refractivity contribution is 7.98. The average Bonchev–Trinajstić information content (AvgIpc) is 4.05. The Balaban J connectivity index is 0.000000237. The molecule has 0 radical (unpaired) electrons. The lowest BCUT2D eigenvalue weighted by Gasteiger charge is -2.15. The monoisotopic (exact) mass is 1220 g/mol. The molecule has 0 spiro atoms. The van der Waals surface area contributed by atoms with Crippen LogP contribution in [0.1, 0.15) is 45.7 Å². The summed E-state index contributed by atoms with van der Waals surface area (Å²) in [6.07, 6.45) is 1.81. The van der Waals surface area contributed by atoms with E-state index in [4.69, 9.17) is 39.5 Å². The summed E-state index contributed by atoms with van der Waals surface area (Å²) in [6.45, 7) is 5.32. The van der Waals surface area contributed by atoms with Gasteiger partial charge in [-0.3, -0.25) is 29.3 Å². The Labute approximate surface area is 482 Å². The van der Waals surface area contributed by atoms with E-state index in [1.165, 1.54) is 84.6 Å². The lowest BCUT2D eigenvalue weighted by molar-refractivity contribution is -0.385. The van der Waals surface area contributed by atoms with E-state index in [0.717, 1.165) is 23.6 Å². The van der Waals surface area contributed by atoms with Crippen molar-refractivity contribution >= 4 is 119 Å². The first-order chi connectivity index (χ1) is 38.4. The zero-order valence-corrected chi connectivity index (χ0v) is 47.4. The summed E-state index contributed by atoms with van der Waals surface area (Å²) in [5.41, 5.74) is 2.55. The van der Waals surface area contributed by atoms with E-state index in [1.54, 1.807) is 36.7 Å². The standard InChI is InChI=1S/C28H19Cl2N7O6S.C15H13ClN2O5S.C10H14O2S/c29-19-8-7-17(11-20(19)30)27(40)32-21-13-26(22(31-15-38)12-24(21)39)43-25-9-6-16(10-23(25)37(41)42)14-44-28-33-34-35-36(28)18-4-2-1-3-5-18;1-24(22,23)10-4-2-9(3-5-10)15(21)18-13-6-11(16)12(17-8-19)7-14(13)20;1-8(2)13(11,12)10-6-4-9(3)5-7-10/h1-13,15,39H,14H2,(H,31,38)(H,32,40);2-8,20H,1H3,(H,17,19)(H,18,21);4-8H,1-3H3. The number of nitrogens with one attached hydrogen (secondary N) is 4. The Morgan fingerprint density at radius 2 is 1.28 bits per heavy atom. The van der Waals surface area contributed by atoms with Gasteiger partial charge in [-0.25, -0.2) is 16.8 Å². The second-order valence-electron chi connectivity index (χ2n) is 17.1. The van der Waals surface area contributed by atoms with Gasteiger partial charge in [-0.1, -0.05) is 88.5 Å². The van der Waals surface area contributed by atoms with Gasteiger partial charge in [0.05, 0.1) is 63.5 Å². The molecule has 0 saturated heterocycles. The van der Waals surface area contributed by atoms with Gasteiger partial charge in [0.2, 0.25) is 23.7 Å². The number of amides is 4. The molecule has 0 unspecified atom stereocenters. The Morgan fingerprint density at radius 3 is 1.88 bits per heavy atom. The molecule has 22 nitrogen and oxygen atoms in total. The van der Waals surface area contributed by atoms with Gasteiger partial charge >= 0.3 is 5.69 Å². The van der Waals surface area contributed by atoms with Gasteiger partial charge in [-0.15, -0.1) is 5.10 Å². The Hall–Kier alpha value is -8.59. The highest BCUT2D eigenvalue weighted by Crippen LogP contribution is 2.42. The number of aromatic nitrogens is 4. The van der Waals surface area contributed by atoms with E-state index in [9.17, 15) is 56.3 Å². The van der Waals surface area contributed by atoms with Crippen LogP contribution in [0.3, 0.4) is 0 Å². The fraction of sp³-hybridized carbons (Fsp3) is 0.113. The lowest BCUT2D eigenvalue weighted by atomic mass is 10.2. The number of hydrogen-bond acceptors (Lipinski definition) is 17. The molecule has 420 valence electrons. The van der Waals surface area contributed by atoms with Gasteiger partial charge in [-0.2, -0.15) is 4.68 Å². The third-order valence-corrected chi connectivity index (χ3v) is 16.4. The number of benzene rings is 7. The van der Waals surface area contributed by atoms with Crippen molar-refractivity contribution in [2.45, 2.75) is 46.7 Å². The molecule has 28 heteroatoms. The molecule has 81 heavy (non-hydrogen) atoms. The summed E-state index contributed by atoms with van der Waals surface area (Å²) in [6, 6.07) is 35.0. The summed E-state index contributed by atoms with van der Waals surface area (Å²) in [7, 11) is -6.45. The number of nitro benzene ring substituents is 1. The molecule has 1 heterocycles. The molecule has 0 aliphatic carbocycles. The number of sulfone groups is 2. The number of aromatic hydroxyl groups is 2. The van der Waals surface area contributed by atoms with Crippen molar-refractivity contribution in [2.75, 3.05) is 27.5 Å². The first kappa shape index (κ1) is 61.6. The number of aryl methyl sites for hydroxylation is 1. The van der Waals surface area contributed by atoms with Gasteiger partial charge in [0, 0.05) is 47.4 Å². The van der Waals surface area contributed by atoms with Gasteiger partial charge in [0.25, 0.3) is 11.8 Å². The van der Waals surface area contributed by atoms with Crippen molar-refractivity contribution in [1.29, 1.82) is 0 Å². The number of carbonyl (C=O) groups excluding carboxylic acids is 4. The maximum Gasteiger partial charge on any atom is 0.311 e. The van der Waals surface area contributed by atoms with Crippen molar-refractivity contribution in [3.63, 3.8) is 0 Å². The molecule has 1 aromatic heterocycles. The minimum absolute atomic E-state index is 0.00767. The van der Waals surface area contributed by atoms with Crippen LogP contribution < -0.4 is 26.0 Å². The molecular formula is C53H46Cl3N9O13S3. The molecule has 0 fully saturated rings. The smallest absolute Gasteiger partial charge is 0.311 e. The molecule has 4 amide bonds. The number of nitrogens with zero attached hydrogens (tertiary/aromatic N) is 5. The number of para-hydroxylation sites is 1. The lowest BCUT2D eigenvalue weighted by Crippen LogP contribution is -2.13. The minimum Gasteiger partial charge on any atom is -0.506 e. The fourth-order valence-corrected chi connectivity index (χ4v) is 9.83. The van der Waals surface area contributed by atoms with Crippen LogP contribution in [0.4, 0.5) is 28.4 Å². The van der Waals surface area contributed by atoms with E-state index in [1.807, 2.05) is 49.4 Å². The molecule has 0 aliphatic rings. The van der Waals surface area contributed by atoms with E-state index in [0.29, 0.717) is 34.2 Å². The SMILES string of the molecule is CS(=O)(=O)c1ccc(C(=O)Nc2cc(Cl)c(NC=O)cc2O)cc1.Cc1ccc(S(=O)(=O)C(C)C)cc1.O=CNc1cc(O)c(NC(=O)c2ccc(Cl)c(Cl)c2)cc1Oc1ccc(CSc2nnnn2-c2ccccc2)cc1[N+](=O)[O-]. The number of carbonyl (C=O) groups is 4. The number of nitro groups is 1. The molecule has 8 rings (SSSR count). The number of phenols is 2. The normalized spacial score (nSPS) is 11.0. The van der Waals surface area contributed by atoms with Crippen molar-refractivity contribution in [3.05, 3.63) is 187 Å². The first-order valence-electron chi connectivity index (χ1n) is 23.3. The quantitative estimate of drug-likeness (QED) is 0.0153. The van der Waals surface area contributed by atoms with Crippen LogP contribution in [0.15, 0.2) is 154 Å². The third-order valence-electron chi connectivity index (χ3n) is 11.1. The maximum atomic E-state index is 12.8. The van der Waals surface area contributed by atoms with Crippen LogP contribution in [0.2, 0.25) is 15.1 Å².